The van der Waals surface area contributed by atoms with Gasteiger partial charge in [-0.3, -0.25) is 9.13 Å². The molecule has 0 aliphatic heterocycles. The van der Waals surface area contributed by atoms with Crippen LogP contribution < -0.4 is 10.4 Å². The van der Waals surface area contributed by atoms with Crippen LogP contribution in [-0.2, 0) is 13.6 Å². The highest BCUT2D eigenvalue weighted by Crippen LogP contribution is 2.19. The first-order valence-electron chi connectivity index (χ1n) is 6.58. The smallest absolute Gasteiger partial charge is 0.329 e. The monoisotopic (exact) mass is 286 g/mol. The van der Waals surface area contributed by atoms with Gasteiger partial charge in [0.25, 0.3) is 0 Å². The van der Waals surface area contributed by atoms with Crippen molar-refractivity contribution < 1.29 is 9.13 Å². The highest BCUT2D eigenvalue weighted by molar-refractivity contribution is 5.75. The largest absolute Gasteiger partial charge is 0.494 e. The Hall–Kier alpha value is -2.56. The van der Waals surface area contributed by atoms with Crippen LogP contribution in [0.4, 0.5) is 4.39 Å². The number of aromatic nitrogens is 2. The molecule has 0 unspecified atom stereocenters. The molecular weight excluding hydrogens is 271 g/mol. The lowest BCUT2D eigenvalue weighted by Crippen LogP contribution is -2.22. The highest BCUT2D eigenvalue weighted by atomic mass is 19.1. The van der Waals surface area contributed by atoms with E-state index in [1.54, 1.807) is 28.3 Å². The third-order valence-electron chi connectivity index (χ3n) is 3.61. The number of halogens is 1. The van der Waals surface area contributed by atoms with Crippen LogP contribution in [0.15, 0.2) is 47.3 Å². The van der Waals surface area contributed by atoms with Gasteiger partial charge in [0, 0.05) is 7.05 Å². The number of benzene rings is 2. The maximum Gasteiger partial charge on any atom is 0.329 e. The molecule has 0 N–H and O–H groups in total. The summed E-state index contributed by atoms with van der Waals surface area (Å²) in [5.41, 5.74) is 2.29. The zero-order chi connectivity index (χ0) is 15.0. The van der Waals surface area contributed by atoms with Gasteiger partial charge in [0.05, 0.1) is 24.7 Å². The van der Waals surface area contributed by atoms with Crippen molar-refractivity contribution >= 4 is 11.0 Å². The quantitative estimate of drug-likeness (QED) is 0.742. The second-order valence-electron chi connectivity index (χ2n) is 4.89. The van der Waals surface area contributed by atoms with Crippen molar-refractivity contribution in [2.24, 2.45) is 7.05 Å². The lowest BCUT2D eigenvalue weighted by Gasteiger charge is -2.06. The zero-order valence-corrected chi connectivity index (χ0v) is 11.8. The topological polar surface area (TPSA) is 36.2 Å². The van der Waals surface area contributed by atoms with E-state index >= 15 is 0 Å². The molecule has 0 aliphatic rings. The minimum Gasteiger partial charge on any atom is -0.494 e. The molecule has 0 fully saturated rings. The minimum atomic E-state index is -0.428. The van der Waals surface area contributed by atoms with Gasteiger partial charge in [-0.05, 0) is 29.8 Å². The molecule has 0 aliphatic carbocycles. The average Bonchev–Trinajstić information content (AvgIpc) is 2.73. The van der Waals surface area contributed by atoms with Crippen LogP contribution in [0.2, 0.25) is 0 Å². The number of rotatable bonds is 3. The van der Waals surface area contributed by atoms with E-state index in [0.717, 1.165) is 11.0 Å². The fourth-order valence-electron chi connectivity index (χ4n) is 2.51. The maximum atomic E-state index is 13.8. The van der Waals surface area contributed by atoms with Gasteiger partial charge in [0.2, 0.25) is 0 Å². The van der Waals surface area contributed by atoms with E-state index < -0.39 is 5.82 Å². The van der Waals surface area contributed by atoms with Crippen LogP contribution >= 0.6 is 0 Å². The van der Waals surface area contributed by atoms with Crippen LogP contribution in [0.3, 0.4) is 0 Å². The van der Waals surface area contributed by atoms with Gasteiger partial charge < -0.3 is 4.74 Å². The third-order valence-corrected chi connectivity index (χ3v) is 3.61. The molecule has 3 aromatic rings. The maximum absolute atomic E-state index is 13.8. The summed E-state index contributed by atoms with van der Waals surface area (Å²) in [5, 5.41) is 0. The molecule has 0 amide bonds. The summed E-state index contributed by atoms with van der Waals surface area (Å²) in [7, 11) is 3.16. The molecule has 4 nitrogen and oxygen atoms in total. The Morgan fingerprint density at radius 3 is 2.52 bits per heavy atom. The van der Waals surface area contributed by atoms with Crippen LogP contribution in [0, 0.1) is 5.82 Å². The molecule has 0 saturated heterocycles. The second-order valence-corrected chi connectivity index (χ2v) is 4.89. The predicted octanol–water partition coefficient (Wildman–Crippen LogP) is 2.54. The highest BCUT2D eigenvalue weighted by Gasteiger charge is 2.11. The van der Waals surface area contributed by atoms with E-state index in [2.05, 4.69) is 0 Å². The standard InChI is InChI=1S/C16H15FN2O2/c1-18-13-5-3-4-6-14(13)19(16(18)20)10-11-7-8-15(21-2)12(17)9-11/h3-9H,10H2,1-2H3. The fourth-order valence-corrected chi connectivity index (χ4v) is 2.51. The van der Waals surface area contributed by atoms with Crippen molar-refractivity contribution in [2.45, 2.75) is 6.54 Å². The molecule has 5 heteroatoms. The van der Waals surface area contributed by atoms with Crippen LogP contribution in [0.5, 0.6) is 5.75 Å². The van der Waals surface area contributed by atoms with Gasteiger partial charge in [0.1, 0.15) is 0 Å². The SMILES string of the molecule is COc1ccc(Cn2c(=O)n(C)c3ccccc32)cc1F. The first kappa shape index (κ1) is 13.4. The fraction of sp³-hybridized carbons (Fsp3) is 0.188. The van der Waals surface area contributed by atoms with Crippen molar-refractivity contribution in [2.75, 3.05) is 7.11 Å². The molecule has 0 bridgehead atoms. The number of fused-ring (bicyclic) bond motifs is 1. The summed E-state index contributed by atoms with van der Waals surface area (Å²) in [6.45, 7) is 0.321. The van der Waals surface area contributed by atoms with Gasteiger partial charge in [-0.25, -0.2) is 9.18 Å². The van der Waals surface area contributed by atoms with Gasteiger partial charge in [-0.2, -0.15) is 0 Å². The summed E-state index contributed by atoms with van der Waals surface area (Å²) >= 11 is 0. The number of para-hydroxylation sites is 2. The first-order valence-corrected chi connectivity index (χ1v) is 6.58. The molecule has 0 atom stereocenters. The number of ether oxygens (including phenoxy) is 1. The Morgan fingerprint density at radius 1 is 1.14 bits per heavy atom. The third kappa shape index (κ3) is 2.20. The van der Waals surface area contributed by atoms with E-state index in [1.807, 2.05) is 24.3 Å². The average molecular weight is 286 g/mol. The number of hydrogen-bond acceptors (Lipinski definition) is 2. The molecule has 0 saturated carbocycles. The zero-order valence-electron chi connectivity index (χ0n) is 11.8. The number of imidazole rings is 1. The molecule has 1 heterocycles. The summed E-state index contributed by atoms with van der Waals surface area (Å²) in [6.07, 6.45) is 0. The molecular formula is C16H15FN2O2. The first-order chi connectivity index (χ1) is 10.1. The van der Waals surface area contributed by atoms with E-state index in [0.29, 0.717) is 12.1 Å². The Labute approximate surface area is 121 Å². The van der Waals surface area contributed by atoms with Gasteiger partial charge in [0.15, 0.2) is 11.6 Å². The van der Waals surface area contributed by atoms with Gasteiger partial charge in [-0.1, -0.05) is 18.2 Å². The normalized spacial score (nSPS) is 11.0. The van der Waals surface area contributed by atoms with Crippen molar-refractivity contribution in [3.63, 3.8) is 0 Å². The minimum absolute atomic E-state index is 0.118. The van der Waals surface area contributed by atoms with Crippen LogP contribution in [0.1, 0.15) is 5.56 Å². The molecule has 2 aromatic carbocycles. The number of methoxy groups -OCH3 is 1. The second kappa shape index (κ2) is 5.09. The van der Waals surface area contributed by atoms with Crippen molar-refractivity contribution in [1.82, 2.24) is 9.13 Å². The van der Waals surface area contributed by atoms with Crippen molar-refractivity contribution in [3.05, 3.63) is 64.3 Å². The van der Waals surface area contributed by atoms with E-state index in [-0.39, 0.29) is 11.4 Å². The Kier molecular flexibility index (Phi) is 3.25. The number of nitrogens with zero attached hydrogens (tertiary/aromatic N) is 2. The summed E-state index contributed by atoms with van der Waals surface area (Å²) in [4.78, 5) is 12.3. The van der Waals surface area contributed by atoms with E-state index in [4.69, 9.17) is 4.74 Å². The molecule has 0 radical (unpaired) electrons. The Morgan fingerprint density at radius 2 is 1.86 bits per heavy atom. The lowest BCUT2D eigenvalue weighted by molar-refractivity contribution is 0.386. The summed E-state index contributed by atoms with van der Waals surface area (Å²) in [5.74, 6) is -0.229. The summed E-state index contributed by atoms with van der Waals surface area (Å²) in [6, 6.07) is 12.3. The van der Waals surface area contributed by atoms with Gasteiger partial charge in [-0.15, -0.1) is 0 Å². The van der Waals surface area contributed by atoms with Gasteiger partial charge >= 0.3 is 5.69 Å². The van der Waals surface area contributed by atoms with Crippen LogP contribution in [-0.4, -0.2) is 16.2 Å². The Bertz CT molecular complexity index is 864. The van der Waals surface area contributed by atoms with Crippen molar-refractivity contribution in [3.8, 4) is 5.75 Å². The molecule has 3 rings (SSSR count). The van der Waals surface area contributed by atoms with E-state index in [1.165, 1.54) is 13.2 Å². The predicted molar refractivity (Wildman–Crippen MR) is 79.2 cm³/mol. The molecule has 0 spiro atoms. The van der Waals surface area contributed by atoms with E-state index in [9.17, 15) is 9.18 Å². The number of hydrogen-bond donors (Lipinski definition) is 0. The lowest BCUT2D eigenvalue weighted by atomic mass is 10.2. The Balaban J connectivity index is 2.08. The van der Waals surface area contributed by atoms with Crippen molar-refractivity contribution in [1.29, 1.82) is 0 Å². The summed E-state index contributed by atoms with van der Waals surface area (Å²) < 4.78 is 21.9. The van der Waals surface area contributed by atoms with Crippen LogP contribution in [0.25, 0.3) is 11.0 Å². The number of aryl methyl sites for hydroxylation is 1. The molecule has 108 valence electrons. The molecule has 21 heavy (non-hydrogen) atoms. The molecule has 1 aromatic heterocycles.